The van der Waals surface area contributed by atoms with Crippen LogP contribution in [0, 0.1) is 0 Å². The molecule has 140 valence electrons. The minimum absolute atomic E-state index is 0.0240. The molecule has 1 fully saturated rings. The van der Waals surface area contributed by atoms with Crippen LogP contribution in [0.25, 0.3) is 5.76 Å². The van der Waals surface area contributed by atoms with Gasteiger partial charge in [0.05, 0.1) is 18.2 Å². The molecule has 2 aromatic rings. The second kappa shape index (κ2) is 7.82. The molecule has 3 rings (SSSR count). The van der Waals surface area contributed by atoms with E-state index in [4.69, 9.17) is 16.3 Å². The third kappa shape index (κ3) is 3.67. The number of ether oxygens (including phenoxy) is 1. The van der Waals surface area contributed by atoms with E-state index in [0.29, 0.717) is 16.1 Å². The lowest BCUT2D eigenvalue weighted by Gasteiger charge is -2.25. The summed E-state index contributed by atoms with van der Waals surface area (Å²) in [4.78, 5) is 26.6. The highest BCUT2D eigenvalue weighted by Gasteiger charge is 2.45. The highest BCUT2D eigenvalue weighted by atomic mass is 35.5. The molecule has 0 radical (unpaired) electrons. The number of phenolic OH excluding ortho intramolecular Hbond substituents is 1. The number of aromatic hydroxyl groups is 1. The van der Waals surface area contributed by atoms with Gasteiger partial charge in [-0.2, -0.15) is 0 Å². The predicted octanol–water partition coefficient (Wildman–Crippen LogP) is 3.11. The number of Topliss-reactive ketones (excluding diaryl/α,β-unsaturated/α-hetero) is 1. The molecule has 0 bridgehead atoms. The molecule has 0 saturated carbocycles. The summed E-state index contributed by atoms with van der Waals surface area (Å²) in [6, 6.07) is 11.8. The molecule has 1 aliphatic rings. The number of carbonyl (C=O) groups excluding carboxylic acids is 2. The minimum Gasteiger partial charge on any atom is -0.508 e. The number of phenols is 1. The quantitative estimate of drug-likeness (QED) is 0.467. The molecule has 0 aromatic heterocycles. The van der Waals surface area contributed by atoms with Crippen molar-refractivity contribution in [3.8, 4) is 5.75 Å². The summed E-state index contributed by atoms with van der Waals surface area (Å²) < 4.78 is 5.05. The van der Waals surface area contributed by atoms with E-state index < -0.39 is 17.7 Å². The maximum atomic E-state index is 12.7. The molecule has 7 heteroatoms. The van der Waals surface area contributed by atoms with Crippen LogP contribution in [0.15, 0.2) is 54.1 Å². The molecule has 1 saturated heterocycles. The first-order valence-corrected chi connectivity index (χ1v) is 8.64. The van der Waals surface area contributed by atoms with E-state index in [1.165, 1.54) is 30.2 Å². The summed E-state index contributed by atoms with van der Waals surface area (Å²) in [7, 11) is 1.50. The first-order valence-electron chi connectivity index (χ1n) is 8.26. The molecule has 6 nitrogen and oxygen atoms in total. The van der Waals surface area contributed by atoms with Crippen LogP contribution in [0.5, 0.6) is 5.75 Å². The van der Waals surface area contributed by atoms with Crippen LogP contribution in [-0.2, 0) is 14.3 Å². The van der Waals surface area contributed by atoms with E-state index in [2.05, 4.69) is 0 Å². The molecule has 27 heavy (non-hydrogen) atoms. The number of benzene rings is 2. The van der Waals surface area contributed by atoms with Crippen LogP contribution < -0.4 is 0 Å². The highest BCUT2D eigenvalue weighted by molar-refractivity contribution is 6.46. The van der Waals surface area contributed by atoms with Gasteiger partial charge >= 0.3 is 0 Å². The smallest absolute Gasteiger partial charge is 0.295 e. The molecular weight excluding hydrogens is 370 g/mol. The number of likely N-dealkylation sites (tertiary alicyclic amines) is 1. The standard InChI is InChI=1S/C20H18ClNO5/c1-27-10-9-22-17(12-5-7-15(23)8-6-12)16(19(25)20(22)26)18(24)13-3-2-4-14(21)11-13/h2-8,11,17,23-24H,9-10H2,1H3/b18-16-. The van der Waals surface area contributed by atoms with Gasteiger partial charge in [-0.3, -0.25) is 9.59 Å². The number of rotatable bonds is 5. The number of halogens is 1. The van der Waals surface area contributed by atoms with Crippen molar-refractivity contribution in [1.29, 1.82) is 0 Å². The first kappa shape index (κ1) is 18.9. The number of nitrogens with zero attached hydrogens (tertiary/aromatic N) is 1. The van der Waals surface area contributed by atoms with Crippen molar-refractivity contribution in [3.63, 3.8) is 0 Å². The second-order valence-corrected chi connectivity index (χ2v) is 6.52. The van der Waals surface area contributed by atoms with Crippen molar-refractivity contribution in [2.24, 2.45) is 0 Å². The fraction of sp³-hybridized carbons (Fsp3) is 0.200. The second-order valence-electron chi connectivity index (χ2n) is 6.09. The molecule has 1 atom stereocenters. The Hall–Kier alpha value is -2.83. The van der Waals surface area contributed by atoms with Crippen molar-refractivity contribution in [2.75, 3.05) is 20.3 Å². The number of hydrogen-bond acceptors (Lipinski definition) is 5. The molecular formula is C20H18ClNO5. The molecule has 1 heterocycles. The maximum absolute atomic E-state index is 12.7. The van der Waals surface area contributed by atoms with Crippen LogP contribution in [-0.4, -0.2) is 47.1 Å². The van der Waals surface area contributed by atoms with Gasteiger partial charge in [0.15, 0.2) is 0 Å². The Bertz CT molecular complexity index is 907. The van der Waals surface area contributed by atoms with E-state index in [1.54, 1.807) is 30.3 Å². The maximum Gasteiger partial charge on any atom is 0.295 e. The Morgan fingerprint density at radius 1 is 1.19 bits per heavy atom. The van der Waals surface area contributed by atoms with E-state index in [-0.39, 0.29) is 30.2 Å². The fourth-order valence-corrected chi connectivity index (χ4v) is 3.29. The number of aliphatic hydroxyl groups excluding tert-OH is 1. The number of ketones is 1. The van der Waals surface area contributed by atoms with Crippen LogP contribution in [0.4, 0.5) is 0 Å². The summed E-state index contributed by atoms with van der Waals surface area (Å²) in [6.45, 7) is 0.414. The Balaban J connectivity index is 2.16. The zero-order valence-corrected chi connectivity index (χ0v) is 15.3. The van der Waals surface area contributed by atoms with Gasteiger partial charge in [0.2, 0.25) is 0 Å². The largest absolute Gasteiger partial charge is 0.508 e. The van der Waals surface area contributed by atoms with Crippen LogP contribution in [0.2, 0.25) is 5.02 Å². The Morgan fingerprint density at radius 2 is 1.89 bits per heavy atom. The molecule has 2 aromatic carbocycles. The third-order valence-corrected chi connectivity index (χ3v) is 4.62. The lowest BCUT2D eigenvalue weighted by atomic mass is 9.95. The lowest BCUT2D eigenvalue weighted by molar-refractivity contribution is -0.140. The van der Waals surface area contributed by atoms with Crippen molar-refractivity contribution in [3.05, 3.63) is 70.3 Å². The SMILES string of the molecule is COCCN1C(=O)C(=O)/C(=C(\O)c2cccc(Cl)c2)C1c1ccc(O)cc1. The number of methoxy groups -OCH3 is 1. The van der Waals surface area contributed by atoms with Crippen molar-refractivity contribution >= 4 is 29.1 Å². The number of amides is 1. The van der Waals surface area contributed by atoms with Gasteiger partial charge in [0.25, 0.3) is 11.7 Å². The number of aliphatic hydroxyl groups is 1. The molecule has 0 aliphatic carbocycles. The van der Waals surface area contributed by atoms with Crippen molar-refractivity contribution < 1.29 is 24.5 Å². The van der Waals surface area contributed by atoms with Gasteiger partial charge in [0, 0.05) is 24.2 Å². The Labute approximate surface area is 161 Å². The fourth-order valence-electron chi connectivity index (χ4n) is 3.09. The van der Waals surface area contributed by atoms with Gasteiger partial charge < -0.3 is 19.8 Å². The van der Waals surface area contributed by atoms with Gasteiger partial charge in [-0.1, -0.05) is 35.9 Å². The summed E-state index contributed by atoms with van der Waals surface area (Å²) in [5.41, 5.74) is 0.909. The first-order chi connectivity index (χ1) is 12.9. The Kier molecular flexibility index (Phi) is 5.48. The average molecular weight is 388 g/mol. The van der Waals surface area contributed by atoms with Gasteiger partial charge in [0.1, 0.15) is 11.5 Å². The summed E-state index contributed by atoms with van der Waals surface area (Å²) >= 11 is 5.99. The normalized spacial score (nSPS) is 18.9. The molecule has 1 aliphatic heterocycles. The molecule has 2 N–H and O–H groups in total. The zero-order chi connectivity index (χ0) is 19.6. The van der Waals surface area contributed by atoms with E-state index in [1.807, 2.05) is 0 Å². The summed E-state index contributed by atoms with van der Waals surface area (Å²) in [5.74, 6) is -1.73. The minimum atomic E-state index is -0.792. The van der Waals surface area contributed by atoms with E-state index >= 15 is 0 Å². The van der Waals surface area contributed by atoms with Crippen molar-refractivity contribution in [1.82, 2.24) is 4.90 Å². The zero-order valence-electron chi connectivity index (χ0n) is 14.6. The highest BCUT2D eigenvalue weighted by Crippen LogP contribution is 2.39. The van der Waals surface area contributed by atoms with Crippen molar-refractivity contribution in [2.45, 2.75) is 6.04 Å². The van der Waals surface area contributed by atoms with Gasteiger partial charge in [-0.15, -0.1) is 0 Å². The molecule has 1 amide bonds. The Morgan fingerprint density at radius 3 is 2.52 bits per heavy atom. The number of hydrogen-bond donors (Lipinski definition) is 2. The lowest BCUT2D eigenvalue weighted by Crippen LogP contribution is -2.32. The molecule has 0 spiro atoms. The monoisotopic (exact) mass is 387 g/mol. The summed E-state index contributed by atoms with van der Waals surface area (Å²) in [5, 5.41) is 20.8. The average Bonchev–Trinajstić information content (AvgIpc) is 2.91. The van der Waals surface area contributed by atoms with Gasteiger partial charge in [-0.05, 0) is 29.8 Å². The predicted molar refractivity (Wildman–Crippen MR) is 100 cm³/mol. The third-order valence-electron chi connectivity index (χ3n) is 4.38. The number of carbonyl (C=O) groups is 2. The van der Waals surface area contributed by atoms with E-state index in [0.717, 1.165) is 0 Å². The topological polar surface area (TPSA) is 87.1 Å². The van der Waals surface area contributed by atoms with Crippen LogP contribution in [0.1, 0.15) is 17.2 Å². The van der Waals surface area contributed by atoms with Crippen LogP contribution in [0.3, 0.4) is 0 Å². The van der Waals surface area contributed by atoms with Gasteiger partial charge in [-0.25, -0.2) is 0 Å². The molecule has 1 unspecified atom stereocenters. The summed E-state index contributed by atoms with van der Waals surface area (Å²) in [6.07, 6.45) is 0. The van der Waals surface area contributed by atoms with Crippen LogP contribution >= 0.6 is 11.6 Å². The van der Waals surface area contributed by atoms with E-state index in [9.17, 15) is 19.8 Å².